The Morgan fingerprint density at radius 1 is 1.30 bits per heavy atom. The van der Waals surface area contributed by atoms with Gasteiger partial charge in [0.1, 0.15) is 0 Å². The van der Waals surface area contributed by atoms with Crippen molar-refractivity contribution < 1.29 is 9.59 Å². The third kappa shape index (κ3) is 3.18. The molecule has 2 amide bonds. The molecule has 1 N–H and O–H groups in total. The zero-order valence-corrected chi connectivity index (χ0v) is 12.4. The van der Waals surface area contributed by atoms with Crippen molar-refractivity contribution in [3.8, 4) is 0 Å². The Balaban J connectivity index is 2.17. The van der Waals surface area contributed by atoms with E-state index in [0.29, 0.717) is 6.42 Å². The molecule has 20 heavy (non-hydrogen) atoms. The number of rotatable bonds is 3. The molecule has 0 saturated carbocycles. The van der Waals surface area contributed by atoms with Crippen LogP contribution in [0.4, 0.5) is 11.4 Å². The van der Waals surface area contributed by atoms with Gasteiger partial charge >= 0.3 is 0 Å². The summed E-state index contributed by atoms with van der Waals surface area (Å²) in [6.07, 6.45) is 2.67. The number of nitrogens with one attached hydrogen (secondary N) is 1. The summed E-state index contributed by atoms with van der Waals surface area (Å²) < 4.78 is 0. The maximum absolute atomic E-state index is 12.0. The largest absolute Gasteiger partial charge is 0.326 e. The second-order valence-electron chi connectivity index (χ2n) is 5.65. The average Bonchev–Trinajstić information content (AvgIpc) is 2.40. The fourth-order valence-corrected chi connectivity index (χ4v) is 2.38. The second kappa shape index (κ2) is 6.07. The van der Waals surface area contributed by atoms with Crippen LogP contribution < -0.4 is 10.2 Å². The van der Waals surface area contributed by atoms with Gasteiger partial charge in [-0.05, 0) is 43.5 Å². The van der Waals surface area contributed by atoms with Gasteiger partial charge in [-0.25, -0.2) is 0 Å². The van der Waals surface area contributed by atoms with Crippen LogP contribution in [-0.4, -0.2) is 18.4 Å². The lowest BCUT2D eigenvalue weighted by atomic mass is 10.1. The maximum atomic E-state index is 12.0. The van der Waals surface area contributed by atoms with Crippen LogP contribution in [-0.2, 0) is 9.59 Å². The van der Waals surface area contributed by atoms with Crippen LogP contribution in [0.1, 0.15) is 38.7 Å². The summed E-state index contributed by atoms with van der Waals surface area (Å²) in [5.74, 6) is 0.156. The van der Waals surface area contributed by atoms with Crippen LogP contribution in [0.3, 0.4) is 0 Å². The average molecular weight is 274 g/mol. The van der Waals surface area contributed by atoms with E-state index in [1.54, 1.807) is 0 Å². The van der Waals surface area contributed by atoms with Gasteiger partial charge in [0.05, 0.1) is 0 Å². The van der Waals surface area contributed by atoms with Crippen molar-refractivity contribution >= 4 is 23.2 Å². The summed E-state index contributed by atoms with van der Waals surface area (Å²) in [5, 5.41) is 2.88. The molecule has 1 aliphatic rings. The summed E-state index contributed by atoms with van der Waals surface area (Å²) in [7, 11) is 0. The molecular weight excluding hydrogens is 252 g/mol. The number of amides is 2. The third-order valence-electron chi connectivity index (χ3n) is 3.60. The monoisotopic (exact) mass is 274 g/mol. The van der Waals surface area contributed by atoms with E-state index >= 15 is 0 Å². The molecule has 1 fully saturated rings. The Morgan fingerprint density at radius 3 is 2.65 bits per heavy atom. The topological polar surface area (TPSA) is 49.4 Å². The Hall–Kier alpha value is -1.84. The fourth-order valence-electron chi connectivity index (χ4n) is 2.38. The van der Waals surface area contributed by atoms with Crippen LogP contribution >= 0.6 is 0 Å². The normalized spacial score (nSPS) is 15.6. The van der Waals surface area contributed by atoms with Gasteiger partial charge in [-0.2, -0.15) is 0 Å². The van der Waals surface area contributed by atoms with E-state index in [9.17, 15) is 9.59 Å². The van der Waals surface area contributed by atoms with Crippen molar-refractivity contribution in [2.24, 2.45) is 5.92 Å². The third-order valence-corrected chi connectivity index (χ3v) is 3.60. The molecule has 0 unspecified atom stereocenters. The lowest BCUT2D eigenvalue weighted by molar-refractivity contribution is -0.120. The molecule has 2 rings (SSSR count). The smallest absolute Gasteiger partial charge is 0.226 e. The molecule has 0 radical (unpaired) electrons. The quantitative estimate of drug-likeness (QED) is 0.920. The van der Waals surface area contributed by atoms with Gasteiger partial charge in [0.25, 0.3) is 0 Å². The zero-order valence-electron chi connectivity index (χ0n) is 12.4. The van der Waals surface area contributed by atoms with E-state index in [1.807, 2.05) is 43.9 Å². The minimum atomic E-state index is -0.0429. The molecule has 0 aliphatic carbocycles. The highest BCUT2D eigenvalue weighted by Gasteiger charge is 2.21. The van der Waals surface area contributed by atoms with Gasteiger partial charge in [0.2, 0.25) is 11.8 Å². The highest BCUT2D eigenvalue weighted by atomic mass is 16.2. The summed E-state index contributed by atoms with van der Waals surface area (Å²) in [6, 6.07) is 5.72. The molecule has 0 aromatic heterocycles. The number of carbonyl (C=O) groups is 2. The van der Waals surface area contributed by atoms with Gasteiger partial charge in [-0.15, -0.1) is 0 Å². The Kier molecular flexibility index (Phi) is 4.42. The van der Waals surface area contributed by atoms with Gasteiger partial charge in [-0.1, -0.05) is 13.8 Å². The number of anilines is 2. The van der Waals surface area contributed by atoms with E-state index in [4.69, 9.17) is 0 Å². The molecule has 0 bridgehead atoms. The van der Waals surface area contributed by atoms with Crippen molar-refractivity contribution in [1.82, 2.24) is 0 Å². The van der Waals surface area contributed by atoms with Crippen molar-refractivity contribution in [2.75, 3.05) is 16.8 Å². The Morgan fingerprint density at radius 2 is 2.05 bits per heavy atom. The fraction of sp³-hybridized carbons (Fsp3) is 0.500. The summed E-state index contributed by atoms with van der Waals surface area (Å²) in [4.78, 5) is 25.5. The number of hydrogen-bond acceptors (Lipinski definition) is 2. The maximum Gasteiger partial charge on any atom is 0.226 e. The van der Waals surface area contributed by atoms with Crippen molar-refractivity contribution in [3.63, 3.8) is 0 Å². The molecular formula is C16H22N2O2. The predicted molar refractivity (Wildman–Crippen MR) is 80.9 cm³/mol. The first-order chi connectivity index (χ1) is 9.49. The molecule has 1 aromatic carbocycles. The predicted octanol–water partition coefficient (Wildman–Crippen LogP) is 3.11. The molecule has 1 saturated heterocycles. The zero-order chi connectivity index (χ0) is 14.7. The van der Waals surface area contributed by atoms with Crippen LogP contribution in [0.25, 0.3) is 0 Å². The van der Waals surface area contributed by atoms with Gasteiger partial charge in [0, 0.05) is 30.3 Å². The van der Waals surface area contributed by atoms with Crippen molar-refractivity contribution in [1.29, 1.82) is 0 Å². The first-order valence-electron chi connectivity index (χ1n) is 7.21. The van der Waals surface area contributed by atoms with Gasteiger partial charge in [-0.3, -0.25) is 9.59 Å². The lowest BCUT2D eigenvalue weighted by Crippen LogP contribution is -2.35. The Bertz CT molecular complexity index is 523. The Labute approximate surface area is 120 Å². The number of nitrogens with zero attached hydrogens (tertiary/aromatic N) is 1. The SMILES string of the molecule is Cc1cc(NC(=O)C(C)C)ccc1N1CCCCC1=O. The molecule has 4 nitrogen and oxygen atoms in total. The van der Waals surface area contributed by atoms with Crippen LogP contribution in [0, 0.1) is 12.8 Å². The van der Waals surface area contributed by atoms with E-state index < -0.39 is 0 Å². The van der Waals surface area contributed by atoms with Gasteiger partial charge < -0.3 is 10.2 Å². The summed E-state index contributed by atoms with van der Waals surface area (Å²) in [5.41, 5.74) is 2.76. The van der Waals surface area contributed by atoms with Crippen LogP contribution in [0.2, 0.25) is 0 Å². The minimum absolute atomic E-state index is 0.00574. The molecule has 0 atom stereocenters. The number of carbonyl (C=O) groups excluding carboxylic acids is 2. The van der Waals surface area contributed by atoms with Crippen LogP contribution in [0.5, 0.6) is 0 Å². The van der Waals surface area contributed by atoms with E-state index in [1.165, 1.54) is 0 Å². The first-order valence-corrected chi connectivity index (χ1v) is 7.21. The lowest BCUT2D eigenvalue weighted by Gasteiger charge is -2.28. The number of aryl methyl sites for hydroxylation is 1. The molecule has 1 heterocycles. The van der Waals surface area contributed by atoms with E-state index in [-0.39, 0.29) is 17.7 Å². The number of hydrogen-bond donors (Lipinski definition) is 1. The molecule has 4 heteroatoms. The van der Waals surface area contributed by atoms with Crippen LogP contribution in [0.15, 0.2) is 18.2 Å². The van der Waals surface area contributed by atoms with Crippen molar-refractivity contribution in [3.05, 3.63) is 23.8 Å². The highest BCUT2D eigenvalue weighted by Crippen LogP contribution is 2.27. The van der Waals surface area contributed by atoms with Gasteiger partial charge in [0.15, 0.2) is 0 Å². The first kappa shape index (κ1) is 14.6. The second-order valence-corrected chi connectivity index (χ2v) is 5.65. The van der Waals surface area contributed by atoms with Crippen molar-refractivity contribution in [2.45, 2.75) is 40.0 Å². The number of piperidine rings is 1. The summed E-state index contributed by atoms with van der Waals surface area (Å²) >= 11 is 0. The molecule has 0 spiro atoms. The molecule has 1 aromatic rings. The summed E-state index contributed by atoms with van der Waals surface area (Å²) in [6.45, 7) is 6.49. The molecule has 108 valence electrons. The van der Waals surface area contributed by atoms with E-state index in [0.717, 1.165) is 36.3 Å². The highest BCUT2D eigenvalue weighted by molar-refractivity contribution is 5.96. The standard InChI is InChI=1S/C16H22N2O2/c1-11(2)16(20)17-13-7-8-14(12(3)10-13)18-9-5-4-6-15(18)19/h7-8,10-11H,4-6,9H2,1-3H3,(H,17,20). The minimum Gasteiger partial charge on any atom is -0.326 e. The molecule has 1 aliphatic heterocycles. The number of benzene rings is 1. The van der Waals surface area contributed by atoms with E-state index in [2.05, 4.69) is 5.32 Å².